The first-order valence-corrected chi connectivity index (χ1v) is 8.90. The second-order valence-electron chi connectivity index (χ2n) is 6.18. The van der Waals surface area contributed by atoms with Crippen molar-refractivity contribution in [3.63, 3.8) is 0 Å². The van der Waals surface area contributed by atoms with Crippen molar-refractivity contribution in [2.75, 3.05) is 53.6 Å². The average molecular weight is 516 g/mol. The van der Waals surface area contributed by atoms with Crippen LogP contribution in [0.15, 0.2) is 29.3 Å². The van der Waals surface area contributed by atoms with Crippen molar-refractivity contribution in [2.45, 2.75) is 18.6 Å². The maximum atomic E-state index is 12.3. The molecule has 1 aromatic rings. The number of alkyl halides is 3. The predicted octanol–water partition coefficient (Wildman–Crippen LogP) is 2.80. The van der Waals surface area contributed by atoms with Crippen LogP contribution in [-0.2, 0) is 4.74 Å². The highest BCUT2D eigenvalue weighted by molar-refractivity contribution is 14.0. The number of morpholine rings is 1. The first kappa shape index (κ1) is 24.8. The molecule has 0 amide bonds. The Balaban J connectivity index is 0.00000392. The lowest BCUT2D eigenvalue weighted by Crippen LogP contribution is -2.46. The van der Waals surface area contributed by atoms with Crippen LogP contribution >= 0.6 is 24.0 Å². The number of ether oxygens (including phenoxy) is 2. The van der Waals surface area contributed by atoms with E-state index >= 15 is 0 Å². The maximum Gasteiger partial charge on any atom is 0.390 e. The molecule has 1 saturated heterocycles. The van der Waals surface area contributed by atoms with Crippen LogP contribution in [0, 0.1) is 0 Å². The lowest BCUT2D eigenvalue weighted by Gasteiger charge is -2.35. The fourth-order valence-electron chi connectivity index (χ4n) is 2.91. The normalized spacial score (nSPS) is 16.8. The van der Waals surface area contributed by atoms with Crippen LogP contribution in [-0.4, -0.2) is 70.6 Å². The van der Waals surface area contributed by atoms with Gasteiger partial charge in [-0.2, -0.15) is 13.2 Å². The minimum absolute atomic E-state index is 0. The molecule has 28 heavy (non-hydrogen) atoms. The SMILES string of the molecule is CN=C(NCCC(F)(F)F)NCC(c1ccc(OC)cc1)N1CCOCC1.I. The number of halogens is 4. The van der Waals surface area contributed by atoms with E-state index in [-0.39, 0.29) is 36.6 Å². The van der Waals surface area contributed by atoms with Crippen LogP contribution in [0.4, 0.5) is 13.2 Å². The van der Waals surface area contributed by atoms with Gasteiger partial charge in [-0.05, 0) is 17.7 Å². The second kappa shape index (κ2) is 12.3. The minimum Gasteiger partial charge on any atom is -0.497 e. The fraction of sp³-hybridized carbons (Fsp3) is 0.611. The maximum absolute atomic E-state index is 12.3. The molecule has 1 fully saturated rings. The lowest BCUT2D eigenvalue weighted by atomic mass is 10.0. The Bertz CT molecular complexity index is 593. The molecule has 0 bridgehead atoms. The molecule has 1 aliphatic rings. The van der Waals surface area contributed by atoms with E-state index in [2.05, 4.69) is 20.5 Å². The van der Waals surface area contributed by atoms with Crippen LogP contribution in [0.5, 0.6) is 5.75 Å². The zero-order valence-electron chi connectivity index (χ0n) is 16.1. The molecule has 1 aliphatic heterocycles. The Morgan fingerprint density at radius 1 is 1.21 bits per heavy atom. The smallest absolute Gasteiger partial charge is 0.390 e. The van der Waals surface area contributed by atoms with Crippen molar-refractivity contribution in [3.05, 3.63) is 29.8 Å². The summed E-state index contributed by atoms with van der Waals surface area (Å²) in [5.41, 5.74) is 1.09. The van der Waals surface area contributed by atoms with Gasteiger partial charge in [0.25, 0.3) is 0 Å². The van der Waals surface area contributed by atoms with E-state index in [1.54, 1.807) is 14.2 Å². The van der Waals surface area contributed by atoms with Gasteiger partial charge in [-0.1, -0.05) is 12.1 Å². The third kappa shape index (κ3) is 8.39. The molecule has 2 N–H and O–H groups in total. The van der Waals surface area contributed by atoms with Gasteiger partial charge in [-0.3, -0.25) is 9.89 Å². The summed E-state index contributed by atoms with van der Waals surface area (Å²) in [5, 5.41) is 5.85. The number of benzene rings is 1. The number of nitrogens with zero attached hydrogens (tertiary/aromatic N) is 2. The molecule has 0 radical (unpaired) electrons. The first-order chi connectivity index (χ1) is 12.9. The molecule has 2 rings (SSSR count). The van der Waals surface area contributed by atoms with Gasteiger partial charge in [0, 0.05) is 33.2 Å². The number of aliphatic imine (C=N–C) groups is 1. The third-order valence-corrected chi connectivity index (χ3v) is 4.37. The van der Waals surface area contributed by atoms with Gasteiger partial charge in [-0.15, -0.1) is 24.0 Å². The van der Waals surface area contributed by atoms with Crippen molar-refractivity contribution < 1.29 is 22.6 Å². The molecular weight excluding hydrogens is 488 g/mol. The van der Waals surface area contributed by atoms with Crippen molar-refractivity contribution in [3.8, 4) is 5.75 Å². The van der Waals surface area contributed by atoms with Crippen molar-refractivity contribution >= 4 is 29.9 Å². The van der Waals surface area contributed by atoms with E-state index < -0.39 is 12.6 Å². The quantitative estimate of drug-likeness (QED) is 0.332. The highest BCUT2D eigenvalue weighted by Gasteiger charge is 2.27. The second-order valence-corrected chi connectivity index (χ2v) is 6.18. The van der Waals surface area contributed by atoms with Gasteiger partial charge in [0.1, 0.15) is 5.75 Å². The van der Waals surface area contributed by atoms with Gasteiger partial charge >= 0.3 is 6.18 Å². The molecule has 0 saturated carbocycles. The molecular formula is C18H28F3IN4O2. The van der Waals surface area contributed by atoms with E-state index in [0.717, 1.165) is 24.4 Å². The summed E-state index contributed by atoms with van der Waals surface area (Å²) in [6.07, 6.45) is -5.09. The monoisotopic (exact) mass is 516 g/mol. The largest absolute Gasteiger partial charge is 0.497 e. The van der Waals surface area contributed by atoms with E-state index in [9.17, 15) is 13.2 Å². The molecule has 1 aromatic carbocycles. The molecule has 1 unspecified atom stereocenters. The molecule has 1 heterocycles. The average Bonchev–Trinajstić information content (AvgIpc) is 2.67. The van der Waals surface area contributed by atoms with Crippen LogP contribution in [0.25, 0.3) is 0 Å². The number of guanidine groups is 1. The Hall–Kier alpha value is -1.27. The van der Waals surface area contributed by atoms with E-state index in [4.69, 9.17) is 9.47 Å². The Morgan fingerprint density at radius 2 is 1.86 bits per heavy atom. The number of rotatable bonds is 7. The predicted molar refractivity (Wildman–Crippen MR) is 114 cm³/mol. The Labute approximate surface area is 180 Å². The topological polar surface area (TPSA) is 58.1 Å². The summed E-state index contributed by atoms with van der Waals surface area (Å²) in [4.78, 5) is 6.30. The Morgan fingerprint density at radius 3 is 2.39 bits per heavy atom. The van der Waals surface area contributed by atoms with E-state index in [0.29, 0.717) is 25.7 Å². The van der Waals surface area contributed by atoms with Gasteiger partial charge in [-0.25, -0.2) is 0 Å². The molecule has 10 heteroatoms. The van der Waals surface area contributed by atoms with Crippen molar-refractivity contribution in [1.82, 2.24) is 15.5 Å². The van der Waals surface area contributed by atoms with Crippen LogP contribution in [0.1, 0.15) is 18.0 Å². The molecule has 0 aliphatic carbocycles. The van der Waals surface area contributed by atoms with Gasteiger partial charge < -0.3 is 20.1 Å². The minimum atomic E-state index is -4.19. The van der Waals surface area contributed by atoms with E-state index in [1.165, 1.54) is 0 Å². The molecule has 6 nitrogen and oxygen atoms in total. The number of hydrogen-bond acceptors (Lipinski definition) is 4. The molecule has 0 spiro atoms. The standard InChI is InChI=1S/C18H27F3N4O2.HI/c1-22-17(23-8-7-18(19,20)21)24-13-16(25-9-11-27-12-10-25)14-3-5-15(26-2)6-4-14;/h3-6,16H,7-13H2,1-2H3,(H2,22,23,24);1H. The summed E-state index contributed by atoms with van der Waals surface area (Å²) in [5.74, 6) is 1.13. The fourth-order valence-corrected chi connectivity index (χ4v) is 2.91. The van der Waals surface area contributed by atoms with Gasteiger partial charge in [0.15, 0.2) is 5.96 Å². The summed E-state index contributed by atoms with van der Waals surface area (Å²) >= 11 is 0. The number of nitrogens with one attached hydrogen (secondary N) is 2. The number of hydrogen-bond donors (Lipinski definition) is 2. The summed E-state index contributed by atoms with van der Waals surface area (Å²) < 4.78 is 47.6. The van der Waals surface area contributed by atoms with Crippen molar-refractivity contribution in [1.29, 1.82) is 0 Å². The van der Waals surface area contributed by atoms with Gasteiger partial charge in [0.2, 0.25) is 0 Å². The molecule has 0 aromatic heterocycles. The summed E-state index contributed by atoms with van der Waals surface area (Å²) in [7, 11) is 3.16. The summed E-state index contributed by atoms with van der Waals surface area (Å²) in [6.45, 7) is 3.19. The highest BCUT2D eigenvalue weighted by atomic mass is 127. The Kier molecular flexibility index (Phi) is 10.9. The third-order valence-electron chi connectivity index (χ3n) is 4.37. The molecule has 160 valence electrons. The molecule has 1 atom stereocenters. The van der Waals surface area contributed by atoms with Crippen molar-refractivity contribution in [2.24, 2.45) is 4.99 Å². The van der Waals surface area contributed by atoms with Crippen LogP contribution < -0.4 is 15.4 Å². The lowest BCUT2D eigenvalue weighted by molar-refractivity contribution is -0.132. The zero-order chi connectivity index (χ0) is 19.7. The first-order valence-electron chi connectivity index (χ1n) is 8.90. The highest BCUT2D eigenvalue weighted by Crippen LogP contribution is 2.23. The zero-order valence-corrected chi connectivity index (χ0v) is 18.4. The van der Waals surface area contributed by atoms with Crippen LogP contribution in [0.3, 0.4) is 0 Å². The van der Waals surface area contributed by atoms with Gasteiger partial charge in [0.05, 0.1) is 32.8 Å². The van der Waals surface area contributed by atoms with E-state index in [1.807, 2.05) is 24.3 Å². The number of methoxy groups -OCH3 is 1. The van der Waals surface area contributed by atoms with Crippen LogP contribution in [0.2, 0.25) is 0 Å². The summed E-state index contributed by atoms with van der Waals surface area (Å²) in [6, 6.07) is 7.85.